The molecular weight excluding hydrogens is 397 g/mol. The summed E-state index contributed by atoms with van der Waals surface area (Å²) in [5, 5.41) is 10.4. The second-order valence-corrected chi connectivity index (χ2v) is 6.94. The number of rotatable bonds is 6. The van der Waals surface area contributed by atoms with E-state index in [2.05, 4.69) is 20.7 Å². The zero-order valence-corrected chi connectivity index (χ0v) is 18.1. The standard InChI is InChI=1S/C23H26FN5O2/c1-5-29-16(3)21(15(2)28-29)14-25-23(26-19-10-8-18(24)9-11-19)27-22(30)17-6-12-20(31-4)13-7-17/h6-13H,5,14H2,1-4H3,(H2,25,26,27,30). The topological polar surface area (TPSA) is 80.5 Å². The van der Waals surface area contributed by atoms with E-state index in [-0.39, 0.29) is 17.7 Å². The van der Waals surface area contributed by atoms with Crippen molar-refractivity contribution in [2.24, 2.45) is 4.99 Å². The average molecular weight is 423 g/mol. The molecule has 162 valence electrons. The minimum atomic E-state index is -0.343. The number of hydrogen-bond donors (Lipinski definition) is 2. The highest BCUT2D eigenvalue weighted by Crippen LogP contribution is 2.15. The fourth-order valence-electron chi connectivity index (χ4n) is 3.13. The van der Waals surface area contributed by atoms with Crippen LogP contribution in [-0.2, 0) is 13.1 Å². The lowest BCUT2D eigenvalue weighted by Gasteiger charge is -2.12. The number of aromatic nitrogens is 2. The maximum absolute atomic E-state index is 13.3. The third-order valence-corrected chi connectivity index (χ3v) is 4.92. The summed E-state index contributed by atoms with van der Waals surface area (Å²) in [5.41, 5.74) is 3.99. The Hall–Kier alpha value is -3.68. The van der Waals surface area contributed by atoms with Crippen LogP contribution < -0.4 is 15.4 Å². The van der Waals surface area contributed by atoms with E-state index in [0.29, 0.717) is 23.5 Å². The van der Waals surface area contributed by atoms with Gasteiger partial charge in [0.05, 0.1) is 19.3 Å². The van der Waals surface area contributed by atoms with Gasteiger partial charge in [0.2, 0.25) is 5.96 Å². The molecule has 1 heterocycles. The zero-order valence-electron chi connectivity index (χ0n) is 18.1. The Bertz CT molecular complexity index is 1070. The van der Waals surface area contributed by atoms with Crippen molar-refractivity contribution in [1.29, 1.82) is 0 Å². The normalized spacial score (nSPS) is 11.3. The van der Waals surface area contributed by atoms with Gasteiger partial charge in [-0.1, -0.05) is 0 Å². The Balaban J connectivity index is 1.84. The lowest BCUT2D eigenvalue weighted by molar-refractivity contribution is 0.0977. The van der Waals surface area contributed by atoms with E-state index in [4.69, 9.17) is 4.74 Å². The lowest BCUT2D eigenvalue weighted by Crippen LogP contribution is -2.36. The Labute approximate surface area is 181 Å². The van der Waals surface area contributed by atoms with Crippen LogP contribution in [-0.4, -0.2) is 28.8 Å². The second-order valence-electron chi connectivity index (χ2n) is 6.94. The first-order chi connectivity index (χ1) is 14.9. The molecular formula is C23H26FN5O2. The number of guanidine groups is 1. The van der Waals surface area contributed by atoms with Crippen molar-refractivity contribution in [3.8, 4) is 5.75 Å². The summed E-state index contributed by atoms with van der Waals surface area (Å²) in [5.74, 6) is 0.252. The monoisotopic (exact) mass is 423 g/mol. The number of amides is 1. The summed E-state index contributed by atoms with van der Waals surface area (Å²) in [6, 6.07) is 12.6. The van der Waals surface area contributed by atoms with E-state index in [1.165, 1.54) is 12.1 Å². The molecule has 0 fully saturated rings. The molecule has 0 bridgehead atoms. The number of methoxy groups -OCH3 is 1. The second kappa shape index (κ2) is 9.88. The fourth-order valence-corrected chi connectivity index (χ4v) is 3.13. The summed E-state index contributed by atoms with van der Waals surface area (Å²) in [7, 11) is 1.57. The van der Waals surface area contributed by atoms with Crippen LogP contribution >= 0.6 is 0 Å². The molecule has 8 heteroatoms. The number of carbonyl (C=O) groups excluding carboxylic acids is 1. The first kappa shape index (κ1) is 22.0. The van der Waals surface area contributed by atoms with Crippen LogP contribution in [0, 0.1) is 19.7 Å². The number of anilines is 1. The number of hydrogen-bond acceptors (Lipinski definition) is 4. The molecule has 0 aliphatic rings. The maximum Gasteiger partial charge on any atom is 0.257 e. The van der Waals surface area contributed by atoms with Crippen molar-refractivity contribution in [2.75, 3.05) is 12.4 Å². The SMILES string of the molecule is CCn1nc(C)c(CN=C(NC(=O)c2ccc(OC)cc2)Nc2ccc(F)cc2)c1C. The maximum atomic E-state index is 13.3. The number of halogens is 1. The molecule has 0 aliphatic heterocycles. The van der Waals surface area contributed by atoms with Gasteiger partial charge in [-0.3, -0.25) is 14.8 Å². The Morgan fingerprint density at radius 3 is 2.39 bits per heavy atom. The van der Waals surface area contributed by atoms with Gasteiger partial charge in [0.15, 0.2) is 0 Å². The smallest absolute Gasteiger partial charge is 0.257 e. The summed E-state index contributed by atoms with van der Waals surface area (Å²) >= 11 is 0. The predicted molar refractivity (Wildman–Crippen MR) is 119 cm³/mol. The highest BCUT2D eigenvalue weighted by molar-refractivity contribution is 6.10. The zero-order chi connectivity index (χ0) is 22.4. The highest BCUT2D eigenvalue weighted by Gasteiger charge is 2.13. The van der Waals surface area contributed by atoms with Crippen LogP contribution in [0.2, 0.25) is 0 Å². The molecule has 7 nitrogen and oxygen atoms in total. The molecule has 0 aliphatic carbocycles. The van der Waals surface area contributed by atoms with E-state index in [1.807, 2.05) is 25.5 Å². The van der Waals surface area contributed by atoms with Crippen LogP contribution in [0.4, 0.5) is 10.1 Å². The Morgan fingerprint density at radius 2 is 1.81 bits per heavy atom. The Morgan fingerprint density at radius 1 is 1.13 bits per heavy atom. The van der Waals surface area contributed by atoms with Gasteiger partial charge in [-0.15, -0.1) is 0 Å². The van der Waals surface area contributed by atoms with Crippen molar-refractivity contribution in [3.05, 3.63) is 76.9 Å². The van der Waals surface area contributed by atoms with Gasteiger partial charge in [-0.2, -0.15) is 5.10 Å². The Kier molecular flexibility index (Phi) is 7.02. The molecule has 0 saturated carbocycles. The molecule has 0 atom stereocenters. The first-order valence-electron chi connectivity index (χ1n) is 9.96. The van der Waals surface area contributed by atoms with Crippen molar-refractivity contribution < 1.29 is 13.9 Å². The quantitative estimate of drug-likeness (QED) is 0.463. The van der Waals surface area contributed by atoms with Gasteiger partial charge in [-0.05, 0) is 69.3 Å². The van der Waals surface area contributed by atoms with E-state index in [0.717, 1.165) is 23.5 Å². The summed E-state index contributed by atoms with van der Waals surface area (Å²) < 4.78 is 20.3. The van der Waals surface area contributed by atoms with Crippen molar-refractivity contribution in [2.45, 2.75) is 33.9 Å². The number of nitrogens with zero attached hydrogens (tertiary/aromatic N) is 3. The lowest BCUT2D eigenvalue weighted by atomic mass is 10.2. The molecule has 0 radical (unpaired) electrons. The third kappa shape index (κ3) is 5.48. The van der Waals surface area contributed by atoms with Crippen LogP contribution in [0.25, 0.3) is 0 Å². The van der Waals surface area contributed by atoms with Gasteiger partial charge >= 0.3 is 0 Å². The van der Waals surface area contributed by atoms with E-state index < -0.39 is 0 Å². The minimum Gasteiger partial charge on any atom is -0.497 e. The predicted octanol–water partition coefficient (Wildman–Crippen LogP) is 4.07. The van der Waals surface area contributed by atoms with Gasteiger partial charge in [0, 0.05) is 29.1 Å². The minimum absolute atomic E-state index is 0.260. The average Bonchev–Trinajstić information content (AvgIpc) is 3.06. The molecule has 1 amide bonds. The van der Waals surface area contributed by atoms with Crippen LogP contribution in [0.1, 0.15) is 34.2 Å². The van der Waals surface area contributed by atoms with Gasteiger partial charge < -0.3 is 10.1 Å². The highest BCUT2D eigenvalue weighted by atomic mass is 19.1. The van der Waals surface area contributed by atoms with Gasteiger partial charge in [0.1, 0.15) is 11.6 Å². The molecule has 3 rings (SSSR count). The summed E-state index contributed by atoms with van der Waals surface area (Å²) in [6.07, 6.45) is 0. The first-order valence-corrected chi connectivity index (χ1v) is 9.96. The molecule has 0 unspecified atom stereocenters. The molecule has 1 aromatic heterocycles. The molecule has 3 aromatic rings. The summed E-state index contributed by atoms with van der Waals surface area (Å²) in [6.45, 7) is 7.07. The molecule has 31 heavy (non-hydrogen) atoms. The van der Waals surface area contributed by atoms with Gasteiger partial charge in [-0.25, -0.2) is 9.38 Å². The van der Waals surface area contributed by atoms with E-state index >= 15 is 0 Å². The molecule has 0 saturated heterocycles. The van der Waals surface area contributed by atoms with Crippen LogP contribution in [0.5, 0.6) is 5.75 Å². The van der Waals surface area contributed by atoms with Crippen molar-refractivity contribution in [1.82, 2.24) is 15.1 Å². The fraction of sp³-hybridized carbons (Fsp3) is 0.261. The van der Waals surface area contributed by atoms with E-state index in [1.54, 1.807) is 43.5 Å². The number of aryl methyl sites for hydroxylation is 2. The molecule has 2 N–H and O–H groups in total. The van der Waals surface area contributed by atoms with Crippen molar-refractivity contribution >= 4 is 17.6 Å². The molecule has 2 aromatic carbocycles. The summed E-state index contributed by atoms with van der Waals surface area (Å²) in [4.78, 5) is 17.3. The van der Waals surface area contributed by atoms with E-state index in [9.17, 15) is 9.18 Å². The number of aliphatic imine (C=N–C) groups is 1. The van der Waals surface area contributed by atoms with Crippen LogP contribution in [0.15, 0.2) is 53.5 Å². The number of nitrogens with one attached hydrogen (secondary N) is 2. The van der Waals surface area contributed by atoms with Crippen molar-refractivity contribution in [3.63, 3.8) is 0 Å². The van der Waals surface area contributed by atoms with Gasteiger partial charge in [0.25, 0.3) is 5.91 Å². The third-order valence-electron chi connectivity index (χ3n) is 4.92. The van der Waals surface area contributed by atoms with Crippen LogP contribution in [0.3, 0.4) is 0 Å². The number of ether oxygens (including phenoxy) is 1. The number of carbonyl (C=O) groups is 1. The molecule has 0 spiro atoms. The largest absolute Gasteiger partial charge is 0.497 e. The number of benzene rings is 2.